The van der Waals surface area contributed by atoms with Crippen LogP contribution in [-0.4, -0.2) is 47.2 Å². The molecule has 0 unspecified atom stereocenters. The molecule has 228 valence electrons. The molecule has 1 spiro atoms. The number of imidazole rings is 1. The molecule has 8 nitrogen and oxygen atoms in total. The van der Waals surface area contributed by atoms with Crippen LogP contribution < -0.4 is 17.2 Å². The van der Waals surface area contributed by atoms with Crippen LogP contribution in [0.5, 0.6) is 0 Å². The van der Waals surface area contributed by atoms with Crippen molar-refractivity contribution in [3.63, 3.8) is 0 Å². The predicted molar refractivity (Wildman–Crippen MR) is 174 cm³/mol. The number of ketones is 1. The van der Waals surface area contributed by atoms with E-state index < -0.39 is 0 Å². The molecule has 2 aromatic rings. The standard InChI is InChI=1S/C20H28N4O.C8H15N.C2H6.C2H2.CH3NO/c1-2-17(25)7-5-3-4-6-8-20-23-14-19(24-20)16-9-10-18(22)15(13-16)11-12-21;1-9-6-4-8(2-3-8)5-7-9;2*1-2;2-1-3/h9-14H,2-8,21-22H2,1H3,(H,23,24);2-7H2,1H3;1-2H3;1-2H;1H,(H2,2,3)/b12-11-;;;;. The summed E-state index contributed by atoms with van der Waals surface area (Å²) in [5.41, 5.74) is 20.1. The zero-order valence-electron chi connectivity index (χ0n) is 25.8. The fraction of sp³-hybridized carbons (Fsp3) is 0.545. The van der Waals surface area contributed by atoms with Crippen molar-refractivity contribution in [1.82, 2.24) is 14.9 Å². The summed E-state index contributed by atoms with van der Waals surface area (Å²) in [4.78, 5) is 30.1. The number of likely N-dealkylation sites (tertiary alicyclic amines) is 1. The van der Waals surface area contributed by atoms with Crippen molar-refractivity contribution in [2.75, 3.05) is 25.9 Å². The monoisotopic (exact) mass is 566 g/mol. The van der Waals surface area contributed by atoms with Crippen LogP contribution in [0.1, 0.15) is 96.4 Å². The topological polar surface area (TPSA) is 144 Å². The maximum Gasteiger partial charge on any atom is 0.204 e. The summed E-state index contributed by atoms with van der Waals surface area (Å²) in [7, 11) is 2.23. The van der Waals surface area contributed by atoms with Crippen LogP contribution >= 0.6 is 0 Å². The molecule has 2 fully saturated rings. The molecule has 1 aliphatic carbocycles. The van der Waals surface area contributed by atoms with Gasteiger partial charge in [-0.25, -0.2) is 4.98 Å². The maximum atomic E-state index is 11.3. The number of nitrogens with two attached hydrogens (primary N) is 3. The Bertz CT molecular complexity index is 1030. The molecule has 1 saturated carbocycles. The van der Waals surface area contributed by atoms with Gasteiger partial charge < -0.3 is 27.1 Å². The Morgan fingerprint density at radius 3 is 2.24 bits per heavy atom. The van der Waals surface area contributed by atoms with Gasteiger partial charge in [0.05, 0.1) is 11.9 Å². The van der Waals surface area contributed by atoms with Crippen molar-refractivity contribution in [3.05, 3.63) is 42.0 Å². The lowest BCUT2D eigenvalue weighted by atomic mass is 9.94. The normalized spacial score (nSPS) is 14.6. The lowest BCUT2D eigenvalue weighted by molar-refractivity contribution is -0.118. The molecule has 2 heterocycles. The van der Waals surface area contributed by atoms with Crippen molar-refractivity contribution in [3.8, 4) is 24.1 Å². The quantitative estimate of drug-likeness (QED) is 0.121. The van der Waals surface area contributed by atoms with Gasteiger partial charge in [0.2, 0.25) is 6.41 Å². The minimum atomic E-state index is 0.250. The van der Waals surface area contributed by atoms with E-state index >= 15 is 0 Å². The first kappa shape index (κ1) is 37.4. The predicted octanol–water partition coefficient (Wildman–Crippen LogP) is 5.93. The first-order chi connectivity index (χ1) is 19.9. The second-order valence-corrected chi connectivity index (χ2v) is 10.2. The average molecular weight is 567 g/mol. The van der Waals surface area contributed by atoms with Gasteiger partial charge in [0.15, 0.2) is 0 Å². The fourth-order valence-corrected chi connectivity index (χ4v) is 4.54. The van der Waals surface area contributed by atoms with Crippen LogP contribution in [0.15, 0.2) is 30.6 Å². The molecule has 0 radical (unpaired) electrons. The number of primary amides is 1. The van der Waals surface area contributed by atoms with Crippen LogP contribution in [0.4, 0.5) is 5.69 Å². The van der Waals surface area contributed by atoms with Crippen molar-refractivity contribution >= 4 is 24.0 Å². The molecule has 1 aliphatic heterocycles. The third kappa shape index (κ3) is 15.1. The highest BCUT2D eigenvalue weighted by atomic mass is 16.1. The third-order valence-corrected chi connectivity index (χ3v) is 7.32. The number of hydrogen-bond acceptors (Lipinski definition) is 6. The summed E-state index contributed by atoms with van der Waals surface area (Å²) in [6.45, 7) is 8.62. The van der Waals surface area contributed by atoms with Crippen molar-refractivity contribution < 1.29 is 9.59 Å². The highest BCUT2D eigenvalue weighted by Gasteiger charge is 2.43. The molecule has 1 saturated heterocycles. The van der Waals surface area contributed by atoms with Crippen LogP contribution in [0.2, 0.25) is 0 Å². The highest BCUT2D eigenvalue weighted by Crippen LogP contribution is 2.53. The van der Waals surface area contributed by atoms with Gasteiger partial charge in [-0.3, -0.25) is 9.59 Å². The number of H-pyrrole nitrogens is 1. The van der Waals surface area contributed by atoms with E-state index in [0.29, 0.717) is 17.9 Å². The van der Waals surface area contributed by atoms with E-state index in [1.165, 1.54) is 45.0 Å². The molecular weight excluding hydrogens is 512 g/mol. The number of nitrogen functional groups attached to an aromatic ring is 1. The smallest absolute Gasteiger partial charge is 0.204 e. The summed E-state index contributed by atoms with van der Waals surface area (Å²) in [6.07, 6.45) is 26.0. The molecule has 7 N–H and O–H groups in total. The Hall–Kier alpha value is -3.57. The lowest BCUT2D eigenvalue weighted by Crippen LogP contribution is -2.30. The van der Waals surface area contributed by atoms with Gasteiger partial charge in [-0.2, -0.15) is 0 Å². The summed E-state index contributed by atoms with van der Waals surface area (Å²) >= 11 is 0. The number of piperidine rings is 1. The van der Waals surface area contributed by atoms with Gasteiger partial charge in [-0.15, -0.1) is 12.8 Å². The van der Waals surface area contributed by atoms with E-state index in [0.717, 1.165) is 66.6 Å². The number of terminal acetylenes is 1. The molecule has 1 aromatic heterocycles. The number of nitrogens with one attached hydrogen (secondary N) is 1. The Balaban J connectivity index is 0.000000817. The Morgan fingerprint density at radius 2 is 1.68 bits per heavy atom. The number of Topliss-reactive ketones (excluding diaryl/α,β-unsaturated/α-hetero) is 1. The Morgan fingerprint density at radius 1 is 1.07 bits per heavy atom. The summed E-state index contributed by atoms with van der Waals surface area (Å²) in [5, 5.41) is 0. The largest absolute Gasteiger partial charge is 0.405 e. The summed E-state index contributed by atoms with van der Waals surface area (Å²) in [5.74, 6) is 1.36. The average Bonchev–Trinajstić information content (AvgIpc) is 3.60. The fourth-order valence-electron chi connectivity index (χ4n) is 4.54. The third-order valence-electron chi connectivity index (χ3n) is 7.32. The number of aromatic amines is 1. The van der Waals surface area contributed by atoms with E-state index in [1.807, 2.05) is 45.2 Å². The molecule has 8 heteroatoms. The number of aryl methyl sites for hydroxylation is 1. The van der Waals surface area contributed by atoms with Crippen molar-refractivity contribution in [2.24, 2.45) is 16.9 Å². The van der Waals surface area contributed by atoms with E-state index in [-0.39, 0.29) is 6.41 Å². The number of carbonyl (C=O) groups is 2. The summed E-state index contributed by atoms with van der Waals surface area (Å²) < 4.78 is 0. The number of benzene rings is 1. The van der Waals surface area contributed by atoms with Crippen molar-refractivity contribution in [2.45, 2.75) is 91.4 Å². The molecule has 1 amide bonds. The Kier molecular flexibility index (Phi) is 20.2. The van der Waals surface area contributed by atoms with Gasteiger partial charge in [0.25, 0.3) is 0 Å². The first-order valence-corrected chi connectivity index (χ1v) is 14.9. The lowest BCUT2D eigenvalue weighted by Gasteiger charge is -2.28. The number of aromatic nitrogens is 2. The zero-order valence-corrected chi connectivity index (χ0v) is 25.8. The van der Waals surface area contributed by atoms with Gasteiger partial charge in [-0.05, 0) is 94.0 Å². The zero-order chi connectivity index (χ0) is 31.1. The number of amides is 1. The number of anilines is 1. The molecule has 41 heavy (non-hydrogen) atoms. The van der Waals surface area contributed by atoms with Crippen molar-refractivity contribution in [1.29, 1.82) is 0 Å². The number of unbranched alkanes of at least 4 members (excludes halogenated alkanes) is 3. The number of hydrogen-bond donors (Lipinski definition) is 4. The van der Waals surface area contributed by atoms with Gasteiger partial charge in [0.1, 0.15) is 11.6 Å². The van der Waals surface area contributed by atoms with E-state index in [1.54, 1.807) is 6.08 Å². The van der Waals surface area contributed by atoms with Crippen LogP contribution in [0.3, 0.4) is 0 Å². The van der Waals surface area contributed by atoms with Crippen LogP contribution in [0, 0.1) is 18.3 Å². The van der Waals surface area contributed by atoms with Crippen LogP contribution in [-0.2, 0) is 16.0 Å². The van der Waals surface area contributed by atoms with Gasteiger partial charge in [-0.1, -0.05) is 39.7 Å². The molecule has 4 rings (SSSR count). The SMILES string of the molecule is C#C.CC.CCC(=O)CCCCCCc1ncc(-c2ccc(N)c(/C=C\N)c2)[nH]1.CN1CCC2(CC1)CC2.NC=O. The molecule has 2 aliphatic rings. The maximum absolute atomic E-state index is 11.3. The number of nitrogens with zero attached hydrogens (tertiary/aromatic N) is 2. The summed E-state index contributed by atoms with van der Waals surface area (Å²) in [6, 6.07) is 5.86. The number of carbonyl (C=O) groups excluding carboxylic acids is 2. The molecule has 1 aromatic carbocycles. The van der Waals surface area contributed by atoms with Gasteiger partial charge >= 0.3 is 0 Å². The minimum absolute atomic E-state index is 0.250. The van der Waals surface area contributed by atoms with E-state index in [9.17, 15) is 4.79 Å². The minimum Gasteiger partial charge on any atom is -0.405 e. The molecular formula is C33H54N6O2. The highest BCUT2D eigenvalue weighted by molar-refractivity contribution is 5.77. The van der Waals surface area contributed by atoms with Crippen LogP contribution in [0.25, 0.3) is 17.3 Å². The van der Waals surface area contributed by atoms with E-state index in [4.69, 9.17) is 16.3 Å². The van der Waals surface area contributed by atoms with E-state index in [2.05, 4.69) is 40.5 Å². The molecule has 0 atom stereocenters. The molecule has 0 bridgehead atoms. The van der Waals surface area contributed by atoms with Gasteiger partial charge in [0, 0.05) is 30.5 Å². The second-order valence-electron chi connectivity index (χ2n) is 10.2. The Labute approximate surface area is 248 Å². The number of rotatable bonds is 10. The first-order valence-electron chi connectivity index (χ1n) is 14.9. The second kappa shape index (κ2) is 22.2.